The summed E-state index contributed by atoms with van der Waals surface area (Å²) in [5, 5.41) is 9.89. The zero-order chi connectivity index (χ0) is 19.7. The predicted octanol–water partition coefficient (Wildman–Crippen LogP) is 3.79. The van der Waals surface area contributed by atoms with Crippen molar-refractivity contribution in [1.82, 2.24) is 9.80 Å². The molecule has 27 heavy (non-hydrogen) atoms. The van der Waals surface area contributed by atoms with Gasteiger partial charge in [0.05, 0.1) is 5.60 Å². The van der Waals surface area contributed by atoms with Crippen molar-refractivity contribution in [3.63, 3.8) is 0 Å². The summed E-state index contributed by atoms with van der Waals surface area (Å²) >= 11 is 0. The zero-order valence-corrected chi connectivity index (χ0v) is 17.5. The van der Waals surface area contributed by atoms with Crippen LogP contribution in [0.1, 0.15) is 64.4 Å². The minimum atomic E-state index is -0.765. The molecule has 1 N–H and O–H groups in total. The van der Waals surface area contributed by atoms with Crippen molar-refractivity contribution in [3.8, 4) is 0 Å². The number of nitrogens with zero attached hydrogens (tertiary/aromatic N) is 2. The molecule has 0 atom stereocenters. The summed E-state index contributed by atoms with van der Waals surface area (Å²) in [5.74, 6) is 0.210. The summed E-state index contributed by atoms with van der Waals surface area (Å²) in [5.41, 5.74) is 1.06. The van der Waals surface area contributed by atoms with Gasteiger partial charge in [0.1, 0.15) is 0 Å². The molecule has 1 aliphatic carbocycles. The highest BCUT2D eigenvalue weighted by Gasteiger charge is 2.48. The molecule has 150 valence electrons. The third-order valence-corrected chi connectivity index (χ3v) is 7.05. The molecule has 1 saturated carbocycles. The molecule has 4 heteroatoms. The molecule has 2 aliphatic rings. The van der Waals surface area contributed by atoms with Crippen LogP contribution in [0.15, 0.2) is 30.3 Å². The molecular formula is C23H36N2O2. The molecular weight excluding hydrogens is 336 g/mol. The number of benzene rings is 1. The fourth-order valence-corrected chi connectivity index (χ4v) is 5.06. The maximum atomic E-state index is 12.6. The predicted molar refractivity (Wildman–Crippen MR) is 109 cm³/mol. The van der Waals surface area contributed by atoms with Gasteiger partial charge in [-0.3, -0.25) is 9.69 Å². The monoisotopic (exact) mass is 372 g/mol. The minimum Gasteiger partial charge on any atom is -0.390 e. The quantitative estimate of drug-likeness (QED) is 0.855. The second-order valence-electron chi connectivity index (χ2n) is 9.67. The number of carbonyl (C=O) groups excluding carboxylic acids is 1. The molecule has 1 aromatic carbocycles. The van der Waals surface area contributed by atoms with E-state index in [1.54, 1.807) is 13.8 Å². The van der Waals surface area contributed by atoms with Crippen molar-refractivity contribution < 1.29 is 9.90 Å². The Kier molecular flexibility index (Phi) is 5.69. The van der Waals surface area contributed by atoms with E-state index < -0.39 is 5.60 Å². The highest BCUT2D eigenvalue weighted by molar-refractivity contribution is 5.76. The van der Waals surface area contributed by atoms with E-state index in [-0.39, 0.29) is 11.4 Å². The molecule has 0 aromatic heterocycles. The number of hydrogen-bond donors (Lipinski definition) is 1. The van der Waals surface area contributed by atoms with Crippen LogP contribution in [0.4, 0.5) is 0 Å². The Hall–Kier alpha value is -1.39. The lowest BCUT2D eigenvalue weighted by molar-refractivity contribution is -0.132. The van der Waals surface area contributed by atoms with E-state index in [1.165, 1.54) is 18.4 Å². The fraction of sp³-hybridized carbons (Fsp3) is 0.696. The van der Waals surface area contributed by atoms with Gasteiger partial charge in [-0.1, -0.05) is 30.3 Å². The molecule has 1 amide bonds. The molecule has 0 bridgehead atoms. The molecule has 1 spiro atoms. The van der Waals surface area contributed by atoms with Gasteiger partial charge in [0, 0.05) is 25.0 Å². The fourth-order valence-electron chi connectivity index (χ4n) is 5.06. The lowest BCUT2D eigenvalue weighted by Crippen LogP contribution is -2.47. The number of rotatable bonds is 5. The van der Waals surface area contributed by atoms with Crippen molar-refractivity contribution in [1.29, 1.82) is 0 Å². The summed E-state index contributed by atoms with van der Waals surface area (Å²) in [4.78, 5) is 17.0. The Morgan fingerprint density at radius 2 is 1.74 bits per heavy atom. The van der Waals surface area contributed by atoms with Gasteiger partial charge in [-0.25, -0.2) is 0 Å². The minimum absolute atomic E-state index is 0.116. The van der Waals surface area contributed by atoms with Gasteiger partial charge in [-0.15, -0.1) is 0 Å². The Morgan fingerprint density at radius 3 is 2.30 bits per heavy atom. The van der Waals surface area contributed by atoms with Gasteiger partial charge in [-0.2, -0.15) is 0 Å². The first-order chi connectivity index (χ1) is 12.7. The molecule has 1 aromatic rings. The van der Waals surface area contributed by atoms with Gasteiger partial charge in [-0.05, 0) is 77.4 Å². The van der Waals surface area contributed by atoms with Gasteiger partial charge in [0.2, 0.25) is 5.91 Å². The topological polar surface area (TPSA) is 43.8 Å². The third-order valence-electron chi connectivity index (χ3n) is 7.05. The van der Waals surface area contributed by atoms with Crippen molar-refractivity contribution in [2.45, 2.75) is 69.9 Å². The maximum absolute atomic E-state index is 12.6. The third kappa shape index (κ3) is 4.38. The summed E-state index contributed by atoms with van der Waals surface area (Å²) in [6.07, 6.45) is 6.76. The standard InChI is InChI=1S/C23H36N2O2/c1-21(2,27)11-10-20(26)25-17-16-22(18-25)12-14-23(15-13-22,24(3)4)19-8-6-5-7-9-19/h5-9,27H,10-18H2,1-4H3. The Labute approximate surface area is 164 Å². The van der Waals surface area contributed by atoms with Crippen molar-refractivity contribution in [3.05, 3.63) is 35.9 Å². The molecule has 3 rings (SSSR count). The summed E-state index contributed by atoms with van der Waals surface area (Å²) in [7, 11) is 4.40. The van der Waals surface area contributed by atoms with Crippen LogP contribution in [-0.4, -0.2) is 53.6 Å². The van der Waals surface area contributed by atoms with Gasteiger partial charge in [0.25, 0.3) is 0 Å². The van der Waals surface area contributed by atoms with Crippen LogP contribution in [0.25, 0.3) is 0 Å². The number of likely N-dealkylation sites (tertiary alicyclic amines) is 1. The van der Waals surface area contributed by atoms with E-state index in [9.17, 15) is 9.90 Å². The van der Waals surface area contributed by atoms with E-state index >= 15 is 0 Å². The maximum Gasteiger partial charge on any atom is 0.222 e. The smallest absolute Gasteiger partial charge is 0.222 e. The number of amides is 1. The van der Waals surface area contributed by atoms with Gasteiger partial charge >= 0.3 is 0 Å². The van der Waals surface area contributed by atoms with E-state index in [4.69, 9.17) is 0 Å². The Bertz CT molecular complexity index is 640. The highest BCUT2D eigenvalue weighted by Crippen LogP contribution is 2.51. The van der Waals surface area contributed by atoms with Crippen LogP contribution in [0.2, 0.25) is 0 Å². The van der Waals surface area contributed by atoms with Crippen LogP contribution in [0, 0.1) is 5.41 Å². The SMILES string of the molecule is CN(C)C1(c2ccccc2)CCC2(CCN(C(=O)CCC(C)(C)O)C2)CC1. The zero-order valence-electron chi connectivity index (χ0n) is 17.5. The molecule has 0 radical (unpaired) electrons. The lowest BCUT2D eigenvalue weighted by atomic mass is 9.64. The van der Waals surface area contributed by atoms with Crippen LogP contribution < -0.4 is 0 Å². The first-order valence-electron chi connectivity index (χ1n) is 10.4. The van der Waals surface area contributed by atoms with Gasteiger partial charge < -0.3 is 10.0 Å². The van der Waals surface area contributed by atoms with E-state index in [0.29, 0.717) is 18.3 Å². The molecule has 2 fully saturated rings. The Morgan fingerprint density at radius 1 is 1.11 bits per heavy atom. The number of hydrogen-bond acceptors (Lipinski definition) is 3. The van der Waals surface area contributed by atoms with Crippen LogP contribution in [-0.2, 0) is 10.3 Å². The Balaban J connectivity index is 1.64. The second-order valence-corrected chi connectivity index (χ2v) is 9.67. The van der Waals surface area contributed by atoms with Gasteiger partial charge in [0.15, 0.2) is 0 Å². The van der Waals surface area contributed by atoms with Crippen LogP contribution >= 0.6 is 0 Å². The van der Waals surface area contributed by atoms with Crippen LogP contribution in [0.3, 0.4) is 0 Å². The number of aliphatic hydroxyl groups is 1. The van der Waals surface area contributed by atoms with E-state index in [0.717, 1.165) is 32.4 Å². The average molecular weight is 373 g/mol. The first-order valence-corrected chi connectivity index (χ1v) is 10.4. The van der Waals surface area contributed by atoms with Crippen molar-refractivity contribution in [2.75, 3.05) is 27.2 Å². The summed E-state index contributed by atoms with van der Waals surface area (Å²) in [6, 6.07) is 10.9. The van der Waals surface area contributed by atoms with Crippen LogP contribution in [0.5, 0.6) is 0 Å². The first kappa shape index (κ1) is 20.3. The normalized spacial score (nSPS) is 28.9. The molecule has 1 saturated heterocycles. The summed E-state index contributed by atoms with van der Waals surface area (Å²) in [6.45, 7) is 5.33. The molecule has 1 aliphatic heterocycles. The summed E-state index contributed by atoms with van der Waals surface area (Å²) < 4.78 is 0. The number of carbonyl (C=O) groups is 1. The molecule has 0 unspecified atom stereocenters. The van der Waals surface area contributed by atoms with E-state index in [2.05, 4.69) is 54.2 Å². The molecule has 4 nitrogen and oxygen atoms in total. The van der Waals surface area contributed by atoms with E-state index in [1.807, 2.05) is 0 Å². The largest absolute Gasteiger partial charge is 0.390 e. The lowest BCUT2D eigenvalue weighted by Gasteiger charge is -2.49. The average Bonchev–Trinajstić information content (AvgIpc) is 3.04. The second kappa shape index (κ2) is 7.56. The highest BCUT2D eigenvalue weighted by atomic mass is 16.3. The van der Waals surface area contributed by atoms with Crippen molar-refractivity contribution >= 4 is 5.91 Å². The molecule has 1 heterocycles. The van der Waals surface area contributed by atoms with Crippen molar-refractivity contribution in [2.24, 2.45) is 5.41 Å².